The fraction of sp³-hybridized carbons (Fsp3) is 1.00. The van der Waals surface area contributed by atoms with Crippen molar-refractivity contribution in [3.63, 3.8) is 0 Å². The first kappa shape index (κ1) is 24.1. The van der Waals surface area contributed by atoms with Gasteiger partial charge in [-0.25, -0.2) is 0 Å². The molecule has 0 aromatic carbocycles. The number of aliphatic hydroxyl groups is 1. The normalized spacial score (nSPS) is 36.4. The van der Waals surface area contributed by atoms with Crippen LogP contribution in [0.15, 0.2) is 0 Å². The summed E-state index contributed by atoms with van der Waals surface area (Å²) in [6.45, 7) is 9.70. The van der Waals surface area contributed by atoms with Gasteiger partial charge in [0.1, 0.15) is 0 Å². The van der Waals surface area contributed by atoms with Crippen molar-refractivity contribution >= 4 is 23.2 Å². The van der Waals surface area contributed by atoms with Crippen LogP contribution in [0.2, 0.25) is 0 Å². The summed E-state index contributed by atoms with van der Waals surface area (Å²) < 4.78 is 0. The van der Waals surface area contributed by atoms with Crippen LogP contribution in [-0.2, 0) is 0 Å². The van der Waals surface area contributed by atoms with Crippen molar-refractivity contribution in [2.75, 3.05) is 32.8 Å². The Morgan fingerprint density at radius 2 is 1.48 bits per heavy atom. The quantitative estimate of drug-likeness (QED) is 0.507. The van der Waals surface area contributed by atoms with E-state index in [0.717, 1.165) is 37.6 Å². The largest absolute Gasteiger partial charge is 0.396 e. The molecular formula is C24H44Cl2N2O. The Morgan fingerprint density at radius 3 is 2.10 bits per heavy atom. The maximum absolute atomic E-state index is 9.54. The van der Waals surface area contributed by atoms with Gasteiger partial charge in [-0.3, -0.25) is 0 Å². The zero-order valence-electron chi connectivity index (χ0n) is 18.7. The SMILES string of the molecule is CC(C)[C@H](CN1CCC(C2CCC(Cl)CC2)CC1)NCC1CC(Cl)CC(CO)C1. The van der Waals surface area contributed by atoms with Gasteiger partial charge in [-0.15, -0.1) is 23.2 Å². The van der Waals surface area contributed by atoms with Crippen molar-refractivity contribution in [3.8, 4) is 0 Å². The zero-order chi connectivity index (χ0) is 20.8. The summed E-state index contributed by atoms with van der Waals surface area (Å²) in [7, 11) is 0. The summed E-state index contributed by atoms with van der Waals surface area (Å²) in [6, 6.07) is 0.543. The lowest BCUT2D eigenvalue weighted by Gasteiger charge is -2.40. The lowest BCUT2D eigenvalue weighted by atomic mass is 9.75. The van der Waals surface area contributed by atoms with Gasteiger partial charge in [-0.2, -0.15) is 0 Å². The second-order valence-corrected chi connectivity index (χ2v) is 11.9. The van der Waals surface area contributed by atoms with E-state index in [9.17, 15) is 5.11 Å². The average Bonchev–Trinajstić information content (AvgIpc) is 2.71. The van der Waals surface area contributed by atoms with Crippen LogP contribution in [0.3, 0.4) is 0 Å². The molecule has 5 heteroatoms. The van der Waals surface area contributed by atoms with E-state index in [0.29, 0.717) is 29.2 Å². The number of halogens is 2. The highest BCUT2D eigenvalue weighted by Gasteiger charge is 2.31. The van der Waals surface area contributed by atoms with Gasteiger partial charge < -0.3 is 15.3 Å². The van der Waals surface area contributed by atoms with E-state index >= 15 is 0 Å². The van der Waals surface area contributed by atoms with Crippen LogP contribution in [-0.4, -0.2) is 59.6 Å². The summed E-state index contributed by atoms with van der Waals surface area (Å²) in [5.74, 6) is 3.49. The fourth-order valence-electron chi connectivity index (χ4n) is 6.06. The Balaban J connectivity index is 1.40. The predicted molar refractivity (Wildman–Crippen MR) is 125 cm³/mol. The monoisotopic (exact) mass is 446 g/mol. The van der Waals surface area contributed by atoms with Gasteiger partial charge in [0.15, 0.2) is 0 Å². The second kappa shape index (κ2) is 11.9. The van der Waals surface area contributed by atoms with Crippen LogP contribution < -0.4 is 5.32 Å². The van der Waals surface area contributed by atoms with E-state index < -0.39 is 0 Å². The molecule has 0 amide bonds. The molecule has 0 bridgehead atoms. The van der Waals surface area contributed by atoms with Crippen molar-refractivity contribution in [2.24, 2.45) is 29.6 Å². The molecule has 1 aliphatic heterocycles. The van der Waals surface area contributed by atoms with E-state index in [-0.39, 0.29) is 12.0 Å². The summed E-state index contributed by atoms with van der Waals surface area (Å²) >= 11 is 12.8. The zero-order valence-corrected chi connectivity index (χ0v) is 20.2. The van der Waals surface area contributed by atoms with Crippen molar-refractivity contribution in [3.05, 3.63) is 0 Å². The van der Waals surface area contributed by atoms with Gasteiger partial charge in [0.05, 0.1) is 0 Å². The first-order chi connectivity index (χ1) is 13.9. The molecule has 0 spiro atoms. The molecule has 1 heterocycles. The Bertz CT molecular complexity index is 462. The van der Waals surface area contributed by atoms with Crippen molar-refractivity contribution in [1.29, 1.82) is 0 Å². The smallest absolute Gasteiger partial charge is 0.0459 e. The first-order valence-corrected chi connectivity index (χ1v) is 13.2. The number of nitrogens with one attached hydrogen (secondary N) is 1. The summed E-state index contributed by atoms with van der Waals surface area (Å²) in [5.41, 5.74) is 0. The summed E-state index contributed by atoms with van der Waals surface area (Å²) in [4.78, 5) is 2.70. The van der Waals surface area contributed by atoms with Crippen LogP contribution in [0.1, 0.15) is 71.6 Å². The lowest BCUT2D eigenvalue weighted by molar-refractivity contribution is 0.110. The number of piperidine rings is 1. The van der Waals surface area contributed by atoms with Crippen LogP contribution in [0, 0.1) is 29.6 Å². The number of hydrogen-bond acceptors (Lipinski definition) is 3. The number of hydrogen-bond donors (Lipinski definition) is 2. The molecule has 3 rings (SSSR count). The molecule has 0 radical (unpaired) electrons. The summed E-state index contributed by atoms with van der Waals surface area (Å²) in [6.07, 6.45) is 11.1. The third-order valence-electron chi connectivity index (χ3n) is 8.03. The third-order valence-corrected chi connectivity index (χ3v) is 8.82. The van der Waals surface area contributed by atoms with Crippen molar-refractivity contribution in [1.82, 2.24) is 10.2 Å². The Hall–Kier alpha value is 0.460. The average molecular weight is 448 g/mol. The molecule has 4 atom stereocenters. The third kappa shape index (κ3) is 7.52. The minimum absolute atomic E-state index is 0.234. The van der Waals surface area contributed by atoms with Crippen LogP contribution in [0.25, 0.3) is 0 Å². The highest BCUT2D eigenvalue weighted by Crippen LogP contribution is 2.37. The molecule has 29 heavy (non-hydrogen) atoms. The van der Waals surface area contributed by atoms with E-state index in [4.69, 9.17) is 23.2 Å². The fourth-order valence-corrected chi connectivity index (χ4v) is 6.82. The molecule has 0 aromatic heterocycles. The highest BCUT2D eigenvalue weighted by atomic mass is 35.5. The predicted octanol–water partition coefficient (Wildman–Crippen LogP) is 5.13. The molecule has 2 aliphatic carbocycles. The van der Waals surface area contributed by atoms with Crippen molar-refractivity contribution in [2.45, 2.75) is 88.4 Å². The van der Waals surface area contributed by atoms with E-state index in [2.05, 4.69) is 24.1 Å². The maximum Gasteiger partial charge on any atom is 0.0459 e. The minimum atomic E-state index is 0.234. The Labute approximate surface area is 189 Å². The number of aliphatic hydroxyl groups excluding tert-OH is 1. The molecule has 2 saturated carbocycles. The Kier molecular flexibility index (Phi) is 9.90. The molecule has 170 valence electrons. The van der Waals surface area contributed by atoms with Gasteiger partial charge in [0.25, 0.3) is 0 Å². The standard InChI is InChI=1S/C24H44Cl2N2O/c1-17(2)24(27-14-18-11-19(16-29)13-23(26)12-18)15-28-9-7-21(8-10-28)20-3-5-22(25)6-4-20/h17-24,27,29H,3-16H2,1-2H3/t18?,19?,20?,22?,23?,24-/m0/s1. The molecular weight excluding hydrogens is 403 g/mol. The number of likely N-dealkylation sites (tertiary alicyclic amines) is 1. The van der Waals surface area contributed by atoms with Gasteiger partial charge in [0, 0.05) is 29.9 Å². The maximum atomic E-state index is 9.54. The van der Waals surface area contributed by atoms with E-state index in [1.807, 2.05) is 0 Å². The number of alkyl halides is 2. The molecule has 1 saturated heterocycles. The van der Waals surface area contributed by atoms with E-state index in [1.165, 1.54) is 58.2 Å². The molecule has 2 N–H and O–H groups in total. The van der Waals surface area contributed by atoms with Gasteiger partial charge in [-0.05, 0) is 107 Å². The Morgan fingerprint density at radius 1 is 0.862 bits per heavy atom. The summed E-state index contributed by atoms with van der Waals surface area (Å²) in [5, 5.41) is 14.1. The molecule has 3 aliphatic rings. The molecule has 3 fully saturated rings. The van der Waals surface area contributed by atoms with Gasteiger partial charge >= 0.3 is 0 Å². The topological polar surface area (TPSA) is 35.5 Å². The van der Waals surface area contributed by atoms with Crippen LogP contribution >= 0.6 is 23.2 Å². The molecule has 0 aromatic rings. The second-order valence-electron chi connectivity index (χ2n) is 10.6. The van der Waals surface area contributed by atoms with Crippen LogP contribution in [0.5, 0.6) is 0 Å². The van der Waals surface area contributed by atoms with Gasteiger partial charge in [0.2, 0.25) is 0 Å². The number of nitrogens with zero attached hydrogens (tertiary/aromatic N) is 1. The number of rotatable bonds is 8. The van der Waals surface area contributed by atoms with E-state index in [1.54, 1.807) is 0 Å². The minimum Gasteiger partial charge on any atom is -0.396 e. The van der Waals surface area contributed by atoms with Gasteiger partial charge in [-0.1, -0.05) is 13.8 Å². The van der Waals surface area contributed by atoms with Crippen LogP contribution in [0.4, 0.5) is 0 Å². The first-order valence-electron chi connectivity index (χ1n) is 12.3. The highest BCUT2D eigenvalue weighted by molar-refractivity contribution is 6.20. The van der Waals surface area contributed by atoms with Crippen molar-refractivity contribution < 1.29 is 5.11 Å². The molecule has 3 nitrogen and oxygen atoms in total. The lowest BCUT2D eigenvalue weighted by Crippen LogP contribution is -2.49. The molecule has 3 unspecified atom stereocenters.